The van der Waals surface area contributed by atoms with Gasteiger partial charge < -0.3 is 24.7 Å². The van der Waals surface area contributed by atoms with Crippen LogP contribution >= 0.6 is 0 Å². The molecular formula is C12H18N4O4. The van der Waals surface area contributed by atoms with E-state index in [2.05, 4.69) is 4.98 Å². The van der Waals surface area contributed by atoms with E-state index in [9.17, 15) is 20.0 Å². The van der Waals surface area contributed by atoms with Crippen LogP contribution in [-0.4, -0.2) is 49.1 Å². The average molecular weight is 282 g/mol. The van der Waals surface area contributed by atoms with Gasteiger partial charge in [0.05, 0.1) is 18.7 Å². The molecule has 0 radical (unpaired) electrons. The first-order valence-corrected chi connectivity index (χ1v) is 6.60. The molecule has 1 saturated heterocycles. The van der Waals surface area contributed by atoms with Crippen molar-refractivity contribution < 1.29 is 14.8 Å². The predicted molar refractivity (Wildman–Crippen MR) is 69.9 cm³/mol. The van der Waals surface area contributed by atoms with Crippen LogP contribution in [0.3, 0.4) is 0 Å². The maximum Gasteiger partial charge on any atom is 0.381 e. The molecule has 2 rings (SSSR count). The molecule has 1 fully saturated rings. The molecular weight excluding hydrogens is 264 g/mol. The monoisotopic (exact) mass is 282 g/mol. The van der Waals surface area contributed by atoms with Gasteiger partial charge in [0.25, 0.3) is 0 Å². The normalized spacial score (nSPS) is 16.8. The number of amides is 1. The van der Waals surface area contributed by atoms with Gasteiger partial charge in [-0.1, -0.05) is 13.3 Å². The molecule has 0 atom stereocenters. The summed E-state index contributed by atoms with van der Waals surface area (Å²) in [6.07, 6.45) is 4.48. The Hall–Kier alpha value is -1.96. The molecule has 0 spiro atoms. The molecule has 1 amide bonds. The van der Waals surface area contributed by atoms with Gasteiger partial charge in [-0.3, -0.25) is 4.79 Å². The highest BCUT2D eigenvalue weighted by Gasteiger charge is 2.42. The Balaban J connectivity index is 1.77. The summed E-state index contributed by atoms with van der Waals surface area (Å²) in [7, 11) is 0. The average Bonchev–Trinajstić information content (AvgIpc) is 2.82. The first-order chi connectivity index (χ1) is 9.43. The Morgan fingerprint density at radius 2 is 2.30 bits per heavy atom. The molecule has 0 unspecified atom stereocenters. The fourth-order valence-electron chi connectivity index (χ4n) is 2.41. The molecule has 1 aromatic rings. The Morgan fingerprint density at radius 3 is 2.85 bits per heavy atom. The quantitative estimate of drug-likeness (QED) is 0.606. The molecule has 0 aromatic carbocycles. The number of hydrogen-bond donors (Lipinski definition) is 1. The number of imidazole rings is 1. The molecule has 1 N–H and O–H groups in total. The number of β-amino-alcohol motifs (C(OH)–C–C–N with tert-alkyl or cyclic N) is 1. The summed E-state index contributed by atoms with van der Waals surface area (Å²) in [5.74, 6) is -0.277. The van der Waals surface area contributed by atoms with Crippen LogP contribution in [0.4, 0.5) is 5.82 Å². The van der Waals surface area contributed by atoms with E-state index >= 15 is 0 Å². The van der Waals surface area contributed by atoms with E-state index in [0.29, 0.717) is 26.1 Å². The van der Waals surface area contributed by atoms with Crippen molar-refractivity contribution in [3.63, 3.8) is 0 Å². The summed E-state index contributed by atoms with van der Waals surface area (Å²) >= 11 is 0. The minimum Gasteiger partial charge on any atom is -0.386 e. The molecule has 0 aliphatic carbocycles. The van der Waals surface area contributed by atoms with E-state index < -0.39 is 10.5 Å². The van der Waals surface area contributed by atoms with Crippen LogP contribution in [0.5, 0.6) is 0 Å². The van der Waals surface area contributed by atoms with Crippen molar-refractivity contribution in [2.24, 2.45) is 0 Å². The fraction of sp³-hybridized carbons (Fsp3) is 0.667. The van der Waals surface area contributed by atoms with Gasteiger partial charge in [0.15, 0.2) is 0 Å². The van der Waals surface area contributed by atoms with E-state index in [1.807, 2.05) is 6.92 Å². The van der Waals surface area contributed by atoms with Gasteiger partial charge in [0.2, 0.25) is 12.2 Å². The van der Waals surface area contributed by atoms with Gasteiger partial charge in [-0.15, -0.1) is 0 Å². The number of aliphatic hydroxyl groups is 1. The topological polar surface area (TPSA) is 102 Å². The first-order valence-electron chi connectivity index (χ1n) is 6.60. The molecule has 8 heteroatoms. The lowest BCUT2D eigenvalue weighted by molar-refractivity contribution is -0.389. The predicted octanol–water partition coefficient (Wildman–Crippen LogP) is 0.555. The molecule has 2 heterocycles. The zero-order chi connectivity index (χ0) is 14.8. The molecule has 1 aliphatic heterocycles. The standard InChI is InChI=1S/C12H18N4O4/c1-2-4-12(18)7-15(8-12)11(17)3-5-14-6-10(13-9-14)16(19)20/h6,9,18H,2-5,7-8H2,1H3. The number of carbonyl (C=O) groups excluding carboxylic acids is 1. The molecule has 1 aromatic heterocycles. The summed E-state index contributed by atoms with van der Waals surface area (Å²) in [4.78, 5) is 27.0. The van der Waals surface area contributed by atoms with Gasteiger partial charge in [0.1, 0.15) is 6.20 Å². The summed E-state index contributed by atoms with van der Waals surface area (Å²) in [5.41, 5.74) is -0.724. The third-order valence-electron chi connectivity index (χ3n) is 3.43. The summed E-state index contributed by atoms with van der Waals surface area (Å²) < 4.78 is 1.52. The van der Waals surface area contributed by atoms with Crippen LogP contribution in [0, 0.1) is 10.1 Å². The van der Waals surface area contributed by atoms with Crippen LogP contribution in [0.2, 0.25) is 0 Å². The van der Waals surface area contributed by atoms with Gasteiger partial charge in [0, 0.05) is 13.0 Å². The lowest BCUT2D eigenvalue weighted by Crippen LogP contribution is -2.63. The molecule has 8 nitrogen and oxygen atoms in total. The van der Waals surface area contributed by atoms with Crippen molar-refractivity contribution in [1.82, 2.24) is 14.5 Å². The number of nitrogens with zero attached hydrogens (tertiary/aromatic N) is 4. The van der Waals surface area contributed by atoms with Crippen molar-refractivity contribution in [3.05, 3.63) is 22.6 Å². The van der Waals surface area contributed by atoms with E-state index in [0.717, 1.165) is 6.42 Å². The van der Waals surface area contributed by atoms with E-state index in [-0.39, 0.29) is 18.1 Å². The zero-order valence-corrected chi connectivity index (χ0v) is 11.4. The zero-order valence-electron chi connectivity index (χ0n) is 11.4. The third-order valence-corrected chi connectivity index (χ3v) is 3.43. The lowest BCUT2D eigenvalue weighted by Gasteiger charge is -2.46. The Bertz CT molecular complexity index is 507. The highest BCUT2D eigenvalue weighted by atomic mass is 16.6. The molecule has 1 aliphatic rings. The van der Waals surface area contributed by atoms with Gasteiger partial charge in [-0.25, -0.2) is 0 Å². The third kappa shape index (κ3) is 3.13. The second kappa shape index (κ2) is 5.58. The number of rotatable bonds is 6. The van der Waals surface area contributed by atoms with Crippen molar-refractivity contribution in [1.29, 1.82) is 0 Å². The van der Waals surface area contributed by atoms with Crippen LogP contribution in [0.15, 0.2) is 12.5 Å². The number of nitro groups is 1. The first kappa shape index (κ1) is 14.4. The smallest absolute Gasteiger partial charge is 0.381 e. The Morgan fingerprint density at radius 1 is 1.60 bits per heavy atom. The summed E-state index contributed by atoms with van der Waals surface area (Å²) in [6.45, 7) is 3.10. The minimum atomic E-state index is -0.724. The largest absolute Gasteiger partial charge is 0.386 e. The number of hydrogen-bond acceptors (Lipinski definition) is 5. The van der Waals surface area contributed by atoms with Crippen LogP contribution in [-0.2, 0) is 11.3 Å². The highest BCUT2D eigenvalue weighted by molar-refractivity contribution is 5.77. The maximum absolute atomic E-state index is 11.9. The number of carbonyl (C=O) groups is 1. The van der Waals surface area contributed by atoms with Crippen molar-refractivity contribution in [3.8, 4) is 0 Å². The summed E-state index contributed by atoms with van der Waals surface area (Å²) in [6, 6.07) is 0. The minimum absolute atomic E-state index is 0.0536. The number of likely N-dealkylation sites (tertiary alicyclic amines) is 1. The second-order valence-electron chi connectivity index (χ2n) is 5.20. The van der Waals surface area contributed by atoms with Gasteiger partial charge in [-0.2, -0.15) is 0 Å². The molecule has 20 heavy (non-hydrogen) atoms. The maximum atomic E-state index is 11.9. The summed E-state index contributed by atoms with van der Waals surface area (Å²) in [5, 5.41) is 20.5. The number of aryl methyl sites for hydroxylation is 1. The molecule has 110 valence electrons. The molecule has 0 bridgehead atoms. The fourth-order valence-corrected chi connectivity index (χ4v) is 2.41. The van der Waals surface area contributed by atoms with Crippen molar-refractivity contribution >= 4 is 11.7 Å². The van der Waals surface area contributed by atoms with Gasteiger partial charge in [-0.05, 0) is 16.3 Å². The van der Waals surface area contributed by atoms with Crippen molar-refractivity contribution in [2.45, 2.75) is 38.3 Å². The second-order valence-corrected chi connectivity index (χ2v) is 5.20. The number of aromatic nitrogens is 2. The van der Waals surface area contributed by atoms with Crippen LogP contribution in [0.25, 0.3) is 0 Å². The van der Waals surface area contributed by atoms with Crippen LogP contribution in [0.1, 0.15) is 26.2 Å². The van der Waals surface area contributed by atoms with E-state index in [1.54, 1.807) is 4.90 Å². The van der Waals surface area contributed by atoms with E-state index in [4.69, 9.17) is 0 Å². The van der Waals surface area contributed by atoms with Crippen molar-refractivity contribution in [2.75, 3.05) is 13.1 Å². The Kier molecular flexibility index (Phi) is 4.03. The highest BCUT2D eigenvalue weighted by Crippen LogP contribution is 2.26. The van der Waals surface area contributed by atoms with E-state index in [1.165, 1.54) is 17.1 Å². The Labute approximate surface area is 116 Å². The SMILES string of the molecule is CCCC1(O)CN(C(=O)CCn2cnc([N+](=O)[O-])c2)C1. The van der Waals surface area contributed by atoms with Gasteiger partial charge >= 0.3 is 5.82 Å². The van der Waals surface area contributed by atoms with Crippen LogP contribution < -0.4 is 0 Å². The molecule has 0 saturated carbocycles. The lowest BCUT2D eigenvalue weighted by atomic mass is 9.89.